The maximum Gasteiger partial charge on any atom is 0.228 e. The Balaban J connectivity index is 1.26. The highest BCUT2D eigenvalue weighted by atomic mass is 16.5. The van der Waals surface area contributed by atoms with Crippen molar-refractivity contribution in [2.45, 2.75) is 12.8 Å². The van der Waals surface area contributed by atoms with Gasteiger partial charge in [-0.1, -0.05) is 36.4 Å². The highest BCUT2D eigenvalue weighted by Gasteiger charge is 2.13. The highest BCUT2D eigenvalue weighted by Crippen LogP contribution is 2.25. The zero-order chi connectivity index (χ0) is 21.6. The maximum atomic E-state index is 12.5. The lowest BCUT2D eigenvalue weighted by atomic mass is 10.1. The van der Waals surface area contributed by atoms with Crippen LogP contribution < -0.4 is 10.1 Å². The predicted molar refractivity (Wildman–Crippen MR) is 120 cm³/mol. The van der Waals surface area contributed by atoms with Crippen LogP contribution >= 0.6 is 0 Å². The number of nitrogens with zero attached hydrogens (tertiary/aromatic N) is 2. The monoisotopic (exact) mass is 413 g/mol. The normalized spacial score (nSPS) is 10.7. The summed E-state index contributed by atoms with van der Waals surface area (Å²) in [5.41, 5.74) is 1.17. The van der Waals surface area contributed by atoms with Gasteiger partial charge in [0.15, 0.2) is 5.82 Å². The number of fused-ring (bicyclic) bond motifs is 1. The molecule has 0 unspecified atom stereocenters. The van der Waals surface area contributed by atoms with E-state index < -0.39 is 0 Å². The molecule has 1 N–H and O–H groups in total. The first-order valence-corrected chi connectivity index (χ1v) is 10.1. The van der Waals surface area contributed by atoms with E-state index in [1.165, 1.54) is 0 Å². The predicted octanol–water partition coefficient (Wildman–Crippen LogP) is 4.60. The van der Waals surface area contributed by atoms with E-state index in [2.05, 4.69) is 10.3 Å². The van der Waals surface area contributed by atoms with Crippen molar-refractivity contribution in [1.29, 1.82) is 0 Å². The molecule has 0 aliphatic heterocycles. The van der Waals surface area contributed by atoms with Crippen molar-refractivity contribution >= 4 is 28.2 Å². The summed E-state index contributed by atoms with van der Waals surface area (Å²) in [7, 11) is 1.78. The van der Waals surface area contributed by atoms with Crippen molar-refractivity contribution in [1.82, 2.24) is 9.55 Å². The second kappa shape index (κ2) is 9.26. The molecule has 1 amide bonds. The third kappa shape index (κ3) is 4.80. The van der Waals surface area contributed by atoms with Crippen LogP contribution in [0.5, 0.6) is 5.75 Å². The van der Waals surface area contributed by atoms with Gasteiger partial charge >= 0.3 is 0 Å². The molecule has 0 fully saturated rings. The van der Waals surface area contributed by atoms with Crippen molar-refractivity contribution in [3.05, 3.63) is 90.5 Å². The Morgan fingerprint density at radius 2 is 1.77 bits per heavy atom. The Hall–Kier alpha value is -3.93. The molecule has 31 heavy (non-hydrogen) atoms. The number of imidazole rings is 1. The smallest absolute Gasteiger partial charge is 0.228 e. The number of aromatic nitrogens is 2. The highest BCUT2D eigenvalue weighted by molar-refractivity contribution is 6.07. The minimum Gasteiger partial charge on any atom is -0.493 e. The van der Waals surface area contributed by atoms with Crippen LogP contribution in [0, 0.1) is 0 Å². The maximum absolute atomic E-state index is 12.5. The summed E-state index contributed by atoms with van der Waals surface area (Å²) in [4.78, 5) is 28.8. The van der Waals surface area contributed by atoms with Gasteiger partial charge in [0.2, 0.25) is 11.7 Å². The lowest BCUT2D eigenvalue weighted by Crippen LogP contribution is -2.13. The number of amides is 1. The van der Waals surface area contributed by atoms with Gasteiger partial charge in [-0.3, -0.25) is 9.59 Å². The average molecular weight is 413 g/mol. The quantitative estimate of drug-likeness (QED) is 0.338. The first kappa shape index (κ1) is 20.3. The van der Waals surface area contributed by atoms with Crippen LogP contribution in [0.1, 0.15) is 29.0 Å². The van der Waals surface area contributed by atoms with Gasteiger partial charge in [-0.05, 0) is 42.1 Å². The fraction of sp³-hybridized carbons (Fsp3) is 0.160. The molecule has 0 atom stereocenters. The largest absolute Gasteiger partial charge is 0.493 e. The molecule has 0 aliphatic carbocycles. The molecule has 0 saturated carbocycles. The SMILES string of the molecule is Cn1ccnc1C(=O)c1ccc(NC(=O)CCCOc2cccc3ccccc23)cc1. The number of hydrogen-bond acceptors (Lipinski definition) is 4. The van der Waals surface area contributed by atoms with Gasteiger partial charge < -0.3 is 14.6 Å². The number of hydrogen-bond donors (Lipinski definition) is 1. The lowest BCUT2D eigenvalue weighted by Gasteiger charge is -2.10. The number of rotatable bonds is 8. The van der Waals surface area contributed by atoms with Crippen molar-refractivity contribution in [2.24, 2.45) is 7.05 Å². The molecule has 0 saturated heterocycles. The summed E-state index contributed by atoms with van der Waals surface area (Å²) in [5, 5.41) is 5.05. The van der Waals surface area contributed by atoms with Gasteiger partial charge in [0.05, 0.1) is 6.61 Å². The second-order valence-electron chi connectivity index (χ2n) is 7.25. The molecule has 0 bridgehead atoms. The van der Waals surface area contributed by atoms with E-state index in [1.807, 2.05) is 42.5 Å². The van der Waals surface area contributed by atoms with Crippen LogP contribution in [0.2, 0.25) is 0 Å². The minimum absolute atomic E-state index is 0.0929. The summed E-state index contributed by atoms with van der Waals surface area (Å²) in [6, 6.07) is 20.8. The molecule has 0 aliphatic rings. The van der Waals surface area contributed by atoms with Gasteiger partial charge in [0.1, 0.15) is 5.75 Å². The van der Waals surface area contributed by atoms with Gasteiger partial charge in [-0.25, -0.2) is 4.98 Å². The number of ether oxygens (including phenoxy) is 1. The average Bonchev–Trinajstić information content (AvgIpc) is 3.22. The van der Waals surface area contributed by atoms with E-state index in [4.69, 9.17) is 4.74 Å². The molecule has 6 heteroatoms. The molecule has 1 heterocycles. The van der Waals surface area contributed by atoms with Crippen molar-refractivity contribution in [2.75, 3.05) is 11.9 Å². The fourth-order valence-electron chi connectivity index (χ4n) is 3.38. The summed E-state index contributed by atoms with van der Waals surface area (Å²) in [6.45, 7) is 0.457. The first-order valence-electron chi connectivity index (χ1n) is 10.1. The molecule has 3 aromatic carbocycles. The van der Waals surface area contributed by atoms with Gasteiger partial charge in [-0.15, -0.1) is 0 Å². The summed E-state index contributed by atoms with van der Waals surface area (Å²) >= 11 is 0. The topological polar surface area (TPSA) is 73.2 Å². The lowest BCUT2D eigenvalue weighted by molar-refractivity contribution is -0.116. The van der Waals surface area contributed by atoms with Crippen LogP contribution in [0.25, 0.3) is 10.8 Å². The number of nitrogens with one attached hydrogen (secondary N) is 1. The Kier molecular flexibility index (Phi) is 6.08. The zero-order valence-corrected chi connectivity index (χ0v) is 17.2. The molecule has 0 radical (unpaired) electrons. The number of benzene rings is 3. The summed E-state index contributed by atoms with van der Waals surface area (Å²) in [5.74, 6) is 0.954. The van der Waals surface area contributed by atoms with Crippen LogP contribution in [0.15, 0.2) is 79.1 Å². The van der Waals surface area contributed by atoms with Crippen molar-refractivity contribution in [3.8, 4) is 5.75 Å². The van der Waals surface area contributed by atoms with Crippen LogP contribution in [-0.2, 0) is 11.8 Å². The Morgan fingerprint density at radius 1 is 1.00 bits per heavy atom. The Bertz CT molecular complexity index is 1210. The second-order valence-corrected chi connectivity index (χ2v) is 7.25. The number of anilines is 1. The Morgan fingerprint density at radius 3 is 2.55 bits per heavy atom. The molecule has 6 nitrogen and oxygen atoms in total. The number of aryl methyl sites for hydroxylation is 1. The number of carbonyl (C=O) groups is 2. The zero-order valence-electron chi connectivity index (χ0n) is 17.2. The van der Waals surface area contributed by atoms with Gasteiger partial charge in [-0.2, -0.15) is 0 Å². The van der Waals surface area contributed by atoms with E-state index >= 15 is 0 Å². The van der Waals surface area contributed by atoms with Crippen molar-refractivity contribution in [3.63, 3.8) is 0 Å². The number of ketones is 1. The molecule has 1 aromatic heterocycles. The van der Waals surface area contributed by atoms with Crippen LogP contribution in [0.3, 0.4) is 0 Å². The van der Waals surface area contributed by atoms with E-state index in [0.717, 1.165) is 16.5 Å². The molecule has 4 aromatic rings. The van der Waals surface area contributed by atoms with E-state index in [9.17, 15) is 9.59 Å². The fourth-order valence-corrected chi connectivity index (χ4v) is 3.38. The minimum atomic E-state index is -0.157. The van der Waals surface area contributed by atoms with Gasteiger partial charge in [0.25, 0.3) is 0 Å². The number of carbonyl (C=O) groups excluding carboxylic acids is 2. The van der Waals surface area contributed by atoms with Crippen molar-refractivity contribution < 1.29 is 14.3 Å². The summed E-state index contributed by atoms with van der Waals surface area (Å²) < 4.78 is 7.56. The molecule has 4 rings (SSSR count). The third-order valence-electron chi connectivity index (χ3n) is 5.01. The standard InChI is InChI=1S/C25H23N3O3/c1-28-16-15-26-25(28)24(30)19-11-13-20(14-12-19)27-23(29)10-5-17-31-22-9-4-7-18-6-2-3-8-21(18)22/h2-4,6-9,11-16H,5,10,17H2,1H3,(H,27,29). The molecular formula is C25H23N3O3. The molecule has 0 spiro atoms. The summed E-state index contributed by atoms with van der Waals surface area (Å²) in [6.07, 6.45) is 4.27. The van der Waals surface area contributed by atoms with Crippen LogP contribution in [0.4, 0.5) is 5.69 Å². The van der Waals surface area contributed by atoms with E-state index in [0.29, 0.717) is 36.5 Å². The van der Waals surface area contributed by atoms with E-state index in [-0.39, 0.29) is 11.7 Å². The molecule has 156 valence electrons. The third-order valence-corrected chi connectivity index (χ3v) is 5.01. The Labute approximate surface area is 180 Å². The van der Waals surface area contributed by atoms with Crippen LogP contribution in [-0.4, -0.2) is 27.8 Å². The molecular weight excluding hydrogens is 390 g/mol. The van der Waals surface area contributed by atoms with E-state index in [1.54, 1.807) is 48.3 Å². The van der Waals surface area contributed by atoms with Gasteiger partial charge in [0, 0.05) is 42.5 Å². The first-order chi connectivity index (χ1) is 15.1.